The van der Waals surface area contributed by atoms with E-state index >= 15 is 0 Å². The highest BCUT2D eigenvalue weighted by Crippen LogP contribution is 2.32. The van der Waals surface area contributed by atoms with Crippen LogP contribution in [0.3, 0.4) is 0 Å². The Bertz CT molecular complexity index is 561. The van der Waals surface area contributed by atoms with Gasteiger partial charge in [-0.05, 0) is 35.7 Å². The van der Waals surface area contributed by atoms with Crippen molar-refractivity contribution in [3.8, 4) is 5.75 Å². The number of nitrogens with two attached hydrogens (primary N) is 1. The highest BCUT2D eigenvalue weighted by atomic mass is 16.5. The van der Waals surface area contributed by atoms with Gasteiger partial charge in [0.1, 0.15) is 5.75 Å². The topological polar surface area (TPSA) is 35.2 Å². The molecule has 3 rings (SSSR count). The first-order valence-electron chi connectivity index (χ1n) is 6.28. The molecular formula is C16H17NO. The fourth-order valence-electron chi connectivity index (χ4n) is 2.46. The van der Waals surface area contributed by atoms with Crippen LogP contribution in [0.2, 0.25) is 0 Å². The smallest absolute Gasteiger partial charge is 0.122 e. The van der Waals surface area contributed by atoms with E-state index in [-0.39, 0.29) is 0 Å². The largest absolute Gasteiger partial charge is 0.493 e. The van der Waals surface area contributed by atoms with Gasteiger partial charge in [-0.1, -0.05) is 36.4 Å². The van der Waals surface area contributed by atoms with Crippen molar-refractivity contribution < 1.29 is 4.74 Å². The Morgan fingerprint density at radius 1 is 1.06 bits per heavy atom. The quantitative estimate of drug-likeness (QED) is 0.874. The van der Waals surface area contributed by atoms with Gasteiger partial charge in [0.05, 0.1) is 12.1 Å². The molecule has 0 aliphatic carbocycles. The number of rotatable bonds is 2. The standard InChI is InChI=1S/C16H17NO/c1-16(17,13-5-3-2-4-6-13)14-7-8-15-12(11-14)9-10-18-15/h2-8,11H,9-10,17H2,1H3. The zero-order valence-corrected chi connectivity index (χ0v) is 10.5. The van der Waals surface area contributed by atoms with Gasteiger partial charge in [0, 0.05) is 6.42 Å². The van der Waals surface area contributed by atoms with Gasteiger partial charge in [0.25, 0.3) is 0 Å². The number of fused-ring (bicyclic) bond motifs is 1. The Labute approximate surface area is 107 Å². The molecule has 0 spiro atoms. The minimum absolute atomic E-state index is 0.459. The van der Waals surface area contributed by atoms with Crippen LogP contribution in [0.5, 0.6) is 5.75 Å². The van der Waals surface area contributed by atoms with Gasteiger partial charge in [-0.3, -0.25) is 0 Å². The fourth-order valence-corrected chi connectivity index (χ4v) is 2.46. The van der Waals surface area contributed by atoms with E-state index in [1.54, 1.807) is 0 Å². The first-order valence-corrected chi connectivity index (χ1v) is 6.28. The van der Waals surface area contributed by atoms with E-state index in [9.17, 15) is 0 Å². The lowest BCUT2D eigenvalue weighted by molar-refractivity contribution is 0.356. The highest BCUT2D eigenvalue weighted by Gasteiger charge is 2.25. The molecule has 2 nitrogen and oxygen atoms in total. The van der Waals surface area contributed by atoms with E-state index < -0.39 is 5.54 Å². The molecule has 2 heteroatoms. The minimum atomic E-state index is -0.459. The Morgan fingerprint density at radius 2 is 1.83 bits per heavy atom. The summed E-state index contributed by atoms with van der Waals surface area (Å²) in [5.41, 5.74) is 9.58. The van der Waals surface area contributed by atoms with Crippen molar-refractivity contribution in [2.75, 3.05) is 6.61 Å². The first kappa shape index (κ1) is 11.3. The summed E-state index contributed by atoms with van der Waals surface area (Å²) in [6.45, 7) is 2.84. The van der Waals surface area contributed by atoms with Gasteiger partial charge >= 0.3 is 0 Å². The van der Waals surface area contributed by atoms with E-state index in [0.717, 1.165) is 29.9 Å². The molecule has 0 radical (unpaired) electrons. The third kappa shape index (κ3) is 1.79. The van der Waals surface area contributed by atoms with Gasteiger partial charge in [0.2, 0.25) is 0 Å². The molecule has 0 fully saturated rings. The maximum absolute atomic E-state index is 6.51. The van der Waals surface area contributed by atoms with Crippen molar-refractivity contribution in [3.63, 3.8) is 0 Å². The van der Waals surface area contributed by atoms with Crippen molar-refractivity contribution in [2.45, 2.75) is 18.9 Å². The molecule has 2 aromatic rings. The van der Waals surface area contributed by atoms with Crippen LogP contribution in [0, 0.1) is 0 Å². The third-order valence-electron chi connectivity index (χ3n) is 3.66. The predicted octanol–water partition coefficient (Wildman–Crippen LogP) is 2.84. The summed E-state index contributed by atoms with van der Waals surface area (Å²) in [4.78, 5) is 0. The molecule has 92 valence electrons. The lowest BCUT2D eigenvalue weighted by Crippen LogP contribution is -2.34. The molecule has 1 aliphatic heterocycles. The van der Waals surface area contributed by atoms with Gasteiger partial charge in [-0.2, -0.15) is 0 Å². The summed E-state index contributed by atoms with van der Waals surface area (Å²) in [5.74, 6) is 1.00. The molecule has 0 aromatic heterocycles. The number of benzene rings is 2. The average Bonchev–Trinajstić information content (AvgIpc) is 2.87. The third-order valence-corrected chi connectivity index (χ3v) is 3.66. The summed E-state index contributed by atoms with van der Waals surface area (Å²) in [6, 6.07) is 16.5. The lowest BCUT2D eigenvalue weighted by Gasteiger charge is -2.26. The van der Waals surface area contributed by atoms with E-state index in [4.69, 9.17) is 10.5 Å². The normalized spacial score (nSPS) is 16.8. The summed E-state index contributed by atoms with van der Waals surface area (Å²) in [5, 5.41) is 0. The molecule has 0 bridgehead atoms. The molecule has 18 heavy (non-hydrogen) atoms. The average molecular weight is 239 g/mol. The number of ether oxygens (including phenoxy) is 1. The molecule has 1 unspecified atom stereocenters. The molecule has 2 N–H and O–H groups in total. The van der Waals surface area contributed by atoms with Gasteiger partial charge in [0.15, 0.2) is 0 Å². The molecule has 0 amide bonds. The lowest BCUT2D eigenvalue weighted by atomic mass is 9.85. The predicted molar refractivity (Wildman–Crippen MR) is 72.7 cm³/mol. The first-order chi connectivity index (χ1) is 8.68. The molecule has 1 atom stereocenters. The zero-order chi connectivity index (χ0) is 12.6. The molecular weight excluding hydrogens is 222 g/mol. The van der Waals surface area contributed by atoms with E-state index in [1.165, 1.54) is 5.56 Å². The van der Waals surface area contributed by atoms with Crippen LogP contribution in [0.15, 0.2) is 48.5 Å². The molecule has 1 heterocycles. The zero-order valence-electron chi connectivity index (χ0n) is 10.5. The molecule has 1 aliphatic rings. The Kier molecular flexibility index (Phi) is 2.60. The van der Waals surface area contributed by atoms with E-state index in [0.29, 0.717) is 0 Å². The van der Waals surface area contributed by atoms with Crippen LogP contribution in [-0.4, -0.2) is 6.61 Å². The summed E-state index contributed by atoms with van der Waals surface area (Å²) >= 11 is 0. The van der Waals surface area contributed by atoms with Crippen molar-refractivity contribution in [1.82, 2.24) is 0 Å². The Morgan fingerprint density at radius 3 is 2.61 bits per heavy atom. The minimum Gasteiger partial charge on any atom is -0.493 e. The van der Waals surface area contributed by atoms with Crippen LogP contribution in [0.1, 0.15) is 23.6 Å². The maximum Gasteiger partial charge on any atom is 0.122 e. The second-order valence-electron chi connectivity index (χ2n) is 4.99. The van der Waals surface area contributed by atoms with Crippen molar-refractivity contribution in [3.05, 3.63) is 65.2 Å². The maximum atomic E-state index is 6.51. The Hall–Kier alpha value is -1.80. The van der Waals surface area contributed by atoms with E-state index in [2.05, 4.69) is 31.2 Å². The van der Waals surface area contributed by atoms with Crippen LogP contribution in [0.25, 0.3) is 0 Å². The van der Waals surface area contributed by atoms with Crippen molar-refractivity contribution in [1.29, 1.82) is 0 Å². The number of hydrogen-bond acceptors (Lipinski definition) is 2. The van der Waals surface area contributed by atoms with Crippen LogP contribution in [0.4, 0.5) is 0 Å². The van der Waals surface area contributed by atoms with Crippen LogP contribution < -0.4 is 10.5 Å². The SMILES string of the molecule is CC(N)(c1ccccc1)c1ccc2c(c1)CCO2. The van der Waals surface area contributed by atoms with E-state index in [1.807, 2.05) is 24.3 Å². The monoisotopic (exact) mass is 239 g/mol. The Balaban J connectivity index is 2.04. The van der Waals surface area contributed by atoms with Gasteiger partial charge in [-0.15, -0.1) is 0 Å². The summed E-state index contributed by atoms with van der Waals surface area (Å²) < 4.78 is 5.53. The van der Waals surface area contributed by atoms with Crippen molar-refractivity contribution in [2.24, 2.45) is 5.73 Å². The van der Waals surface area contributed by atoms with Crippen LogP contribution in [-0.2, 0) is 12.0 Å². The highest BCUT2D eigenvalue weighted by molar-refractivity contribution is 5.45. The summed E-state index contributed by atoms with van der Waals surface area (Å²) in [6.07, 6.45) is 0.980. The van der Waals surface area contributed by atoms with Gasteiger partial charge in [-0.25, -0.2) is 0 Å². The number of hydrogen-bond donors (Lipinski definition) is 1. The fraction of sp³-hybridized carbons (Fsp3) is 0.250. The van der Waals surface area contributed by atoms with Gasteiger partial charge < -0.3 is 10.5 Å². The van der Waals surface area contributed by atoms with Crippen molar-refractivity contribution >= 4 is 0 Å². The second-order valence-corrected chi connectivity index (χ2v) is 4.99. The second kappa shape index (κ2) is 4.14. The summed E-state index contributed by atoms with van der Waals surface area (Å²) in [7, 11) is 0. The molecule has 0 saturated heterocycles. The molecule has 2 aromatic carbocycles. The van der Waals surface area contributed by atoms with Crippen LogP contribution >= 0.6 is 0 Å². The molecule has 0 saturated carbocycles.